The van der Waals surface area contributed by atoms with E-state index in [0.717, 1.165) is 76.2 Å². The lowest BCUT2D eigenvalue weighted by Gasteiger charge is -2.46. The van der Waals surface area contributed by atoms with Gasteiger partial charge in [0.15, 0.2) is 0 Å². The van der Waals surface area contributed by atoms with Gasteiger partial charge in [0.05, 0.1) is 31.4 Å². The maximum atomic E-state index is 14.2. The van der Waals surface area contributed by atoms with Crippen molar-refractivity contribution in [2.75, 3.05) is 37.7 Å². The maximum absolute atomic E-state index is 14.2. The molecule has 1 atom stereocenters. The quantitative estimate of drug-likeness (QED) is 0.666. The van der Waals surface area contributed by atoms with Gasteiger partial charge in [-0.1, -0.05) is 5.10 Å². The zero-order chi connectivity index (χ0) is 24.2. The van der Waals surface area contributed by atoms with Crippen LogP contribution in [0, 0.1) is 11.7 Å². The van der Waals surface area contributed by atoms with Crippen LogP contribution in [0.15, 0.2) is 29.0 Å². The lowest BCUT2D eigenvalue weighted by Crippen LogP contribution is -2.62. The molecular formula is C26H35FN4O4. The highest BCUT2D eigenvalue weighted by atomic mass is 19.1. The summed E-state index contributed by atoms with van der Waals surface area (Å²) in [5.74, 6) is 1.14. The molecule has 4 fully saturated rings. The van der Waals surface area contributed by atoms with Crippen LogP contribution in [0.3, 0.4) is 0 Å². The van der Waals surface area contributed by atoms with Crippen molar-refractivity contribution in [3.05, 3.63) is 36.0 Å². The molecule has 8 nitrogen and oxygen atoms in total. The summed E-state index contributed by atoms with van der Waals surface area (Å²) in [5.41, 5.74) is 0.208. The summed E-state index contributed by atoms with van der Waals surface area (Å²) in [4.78, 5) is 4.61. The van der Waals surface area contributed by atoms with Crippen molar-refractivity contribution in [3.8, 4) is 5.75 Å². The van der Waals surface area contributed by atoms with Crippen molar-refractivity contribution < 1.29 is 23.4 Å². The van der Waals surface area contributed by atoms with E-state index in [9.17, 15) is 9.50 Å². The molecule has 9 heteroatoms. The molecule has 3 saturated heterocycles. The topological polar surface area (TPSA) is 84.1 Å². The Labute approximate surface area is 205 Å². The van der Waals surface area contributed by atoms with Crippen molar-refractivity contribution in [1.82, 2.24) is 15.1 Å². The lowest BCUT2D eigenvalue weighted by atomic mass is 9.72. The predicted octanol–water partition coefficient (Wildman–Crippen LogP) is 3.36. The van der Waals surface area contributed by atoms with Gasteiger partial charge in [0, 0.05) is 11.6 Å². The first-order valence-electron chi connectivity index (χ1n) is 12.9. The first-order valence-corrected chi connectivity index (χ1v) is 12.9. The smallest absolute Gasteiger partial charge is 0.318 e. The molecule has 1 aliphatic carbocycles. The fraction of sp³-hybridized carbons (Fsp3) is 0.692. The van der Waals surface area contributed by atoms with Crippen LogP contribution < -0.4 is 9.64 Å². The van der Waals surface area contributed by atoms with Gasteiger partial charge in [-0.2, -0.15) is 0 Å². The number of likely N-dealkylation sites (tertiary alicyclic amines) is 1. The first-order chi connectivity index (χ1) is 16.8. The van der Waals surface area contributed by atoms with Crippen LogP contribution in [0.4, 0.5) is 10.4 Å². The van der Waals surface area contributed by atoms with Crippen molar-refractivity contribution in [1.29, 1.82) is 0 Å². The van der Waals surface area contributed by atoms with Gasteiger partial charge in [-0.15, -0.1) is 5.10 Å². The highest BCUT2D eigenvalue weighted by molar-refractivity contribution is 5.38. The summed E-state index contributed by atoms with van der Waals surface area (Å²) >= 11 is 0. The minimum Gasteiger partial charge on any atom is -0.490 e. The molecule has 190 valence electrons. The van der Waals surface area contributed by atoms with Crippen LogP contribution in [-0.4, -0.2) is 76.3 Å². The average Bonchev–Trinajstić information content (AvgIpc) is 3.45. The number of rotatable bonds is 6. The highest BCUT2D eigenvalue weighted by Crippen LogP contribution is 2.43. The van der Waals surface area contributed by atoms with Crippen molar-refractivity contribution in [2.24, 2.45) is 5.92 Å². The lowest BCUT2D eigenvalue weighted by molar-refractivity contribution is -0.0676. The van der Waals surface area contributed by atoms with Crippen LogP contribution >= 0.6 is 0 Å². The number of piperidine rings is 1. The SMILES string of the molecule is CC(C)(O)C1CC(Oc2ccc(F)cc2C2CCN(C3COC4(C3)CN(c3nnco3)C4)CC2)C1. The monoisotopic (exact) mass is 486 g/mol. The minimum absolute atomic E-state index is 0.0942. The van der Waals surface area contributed by atoms with Gasteiger partial charge in [-0.05, 0) is 89.1 Å². The summed E-state index contributed by atoms with van der Waals surface area (Å²) in [7, 11) is 0. The first kappa shape index (κ1) is 23.2. The largest absolute Gasteiger partial charge is 0.490 e. The van der Waals surface area contributed by atoms with Crippen LogP contribution in [0.5, 0.6) is 5.75 Å². The van der Waals surface area contributed by atoms with Crippen molar-refractivity contribution in [2.45, 2.75) is 75.2 Å². The Balaban J connectivity index is 1.03. The molecule has 1 saturated carbocycles. The van der Waals surface area contributed by atoms with Gasteiger partial charge >= 0.3 is 6.01 Å². The predicted molar refractivity (Wildman–Crippen MR) is 127 cm³/mol. The number of hydrogen-bond donors (Lipinski definition) is 1. The normalized spacial score (nSPS) is 29.3. The van der Waals surface area contributed by atoms with E-state index < -0.39 is 5.60 Å². The Morgan fingerprint density at radius 3 is 2.66 bits per heavy atom. The number of halogens is 1. The number of aliphatic hydroxyl groups is 1. The molecule has 1 aromatic carbocycles. The second kappa shape index (κ2) is 8.71. The summed E-state index contributed by atoms with van der Waals surface area (Å²) in [5, 5.41) is 18.0. The van der Waals surface area contributed by atoms with E-state index in [1.165, 1.54) is 12.5 Å². The van der Waals surface area contributed by atoms with Crippen LogP contribution in [-0.2, 0) is 4.74 Å². The second-order valence-electron chi connectivity index (χ2n) is 11.5. The number of anilines is 1. The molecule has 2 aromatic rings. The van der Waals surface area contributed by atoms with Gasteiger partial charge in [0.1, 0.15) is 17.2 Å². The summed E-state index contributed by atoms with van der Waals surface area (Å²) < 4.78 is 32.1. The number of ether oxygens (including phenoxy) is 2. The Kier molecular flexibility index (Phi) is 5.77. The third-order valence-electron chi connectivity index (χ3n) is 8.61. The third-order valence-corrected chi connectivity index (χ3v) is 8.61. The number of hydrogen-bond acceptors (Lipinski definition) is 8. The number of benzene rings is 1. The molecule has 3 aliphatic heterocycles. The fourth-order valence-electron chi connectivity index (χ4n) is 6.30. The molecule has 0 bridgehead atoms. The van der Waals surface area contributed by atoms with Crippen molar-refractivity contribution in [3.63, 3.8) is 0 Å². The number of nitrogens with zero attached hydrogens (tertiary/aromatic N) is 4. The Bertz CT molecular complexity index is 1020. The molecule has 1 unspecified atom stereocenters. The Morgan fingerprint density at radius 1 is 1.20 bits per heavy atom. The van der Waals surface area contributed by atoms with E-state index >= 15 is 0 Å². The molecule has 0 amide bonds. The highest BCUT2D eigenvalue weighted by Gasteiger charge is 2.52. The molecule has 0 radical (unpaired) electrons. The van der Waals surface area contributed by atoms with Gasteiger partial charge in [-0.3, -0.25) is 4.90 Å². The van der Waals surface area contributed by atoms with Crippen LogP contribution in [0.25, 0.3) is 0 Å². The van der Waals surface area contributed by atoms with E-state index in [1.54, 1.807) is 12.1 Å². The zero-order valence-corrected chi connectivity index (χ0v) is 20.5. The molecule has 1 spiro atoms. The van der Waals surface area contributed by atoms with E-state index in [2.05, 4.69) is 20.0 Å². The van der Waals surface area contributed by atoms with Crippen molar-refractivity contribution >= 4 is 6.01 Å². The molecule has 4 heterocycles. The molecular weight excluding hydrogens is 451 g/mol. The molecule has 6 rings (SSSR count). The molecule has 4 aliphatic rings. The summed E-state index contributed by atoms with van der Waals surface area (Å²) in [6, 6.07) is 5.92. The Morgan fingerprint density at radius 2 is 1.97 bits per heavy atom. The molecule has 35 heavy (non-hydrogen) atoms. The van der Waals surface area contributed by atoms with E-state index in [1.807, 2.05) is 13.8 Å². The summed E-state index contributed by atoms with van der Waals surface area (Å²) in [6.45, 7) is 8.00. The Hall–Kier alpha value is -2.23. The van der Waals surface area contributed by atoms with E-state index in [-0.39, 0.29) is 29.4 Å². The molecule has 1 N–H and O–H groups in total. The average molecular weight is 487 g/mol. The fourth-order valence-corrected chi connectivity index (χ4v) is 6.30. The van der Waals surface area contributed by atoms with E-state index in [0.29, 0.717) is 12.1 Å². The third kappa shape index (κ3) is 4.54. The van der Waals surface area contributed by atoms with Gasteiger partial charge < -0.3 is 23.9 Å². The number of aromatic nitrogens is 2. The molecule has 1 aromatic heterocycles. The van der Waals surface area contributed by atoms with Gasteiger partial charge in [0.25, 0.3) is 0 Å². The van der Waals surface area contributed by atoms with E-state index in [4.69, 9.17) is 13.9 Å². The maximum Gasteiger partial charge on any atom is 0.318 e. The zero-order valence-electron chi connectivity index (χ0n) is 20.5. The second-order valence-corrected chi connectivity index (χ2v) is 11.5. The standard InChI is InChI=1S/C26H35FN4O4/c1-25(2,32)18-9-21(10-18)35-23-4-3-19(27)11-22(23)17-5-7-30(8-6-17)20-12-26(34-13-20)14-31(15-26)24-29-28-16-33-24/h3-4,11,16-18,20-21,32H,5-10,12-15H2,1-2H3. The summed E-state index contributed by atoms with van der Waals surface area (Å²) in [6.07, 6.45) is 6.11. The van der Waals surface area contributed by atoms with Crippen LogP contribution in [0.1, 0.15) is 57.4 Å². The minimum atomic E-state index is -0.675. The van der Waals surface area contributed by atoms with Gasteiger partial charge in [0.2, 0.25) is 6.39 Å². The van der Waals surface area contributed by atoms with Crippen LogP contribution in [0.2, 0.25) is 0 Å². The van der Waals surface area contributed by atoms with Gasteiger partial charge in [-0.25, -0.2) is 4.39 Å².